The molecule has 1 aromatic carbocycles. The maximum atomic E-state index is 5.94. The van der Waals surface area contributed by atoms with Gasteiger partial charge in [-0.05, 0) is 37.1 Å². The van der Waals surface area contributed by atoms with Crippen LogP contribution in [0.2, 0.25) is 0 Å². The van der Waals surface area contributed by atoms with E-state index in [9.17, 15) is 0 Å². The molecule has 18 heavy (non-hydrogen) atoms. The van der Waals surface area contributed by atoms with E-state index < -0.39 is 0 Å². The smallest absolute Gasteiger partial charge is 0.170 e. The van der Waals surface area contributed by atoms with Crippen LogP contribution in [0.5, 0.6) is 0 Å². The van der Waals surface area contributed by atoms with Crippen LogP contribution in [0.25, 0.3) is 5.69 Å². The minimum atomic E-state index is -0.0909. The third-order valence-electron chi connectivity index (χ3n) is 3.14. The van der Waals surface area contributed by atoms with Gasteiger partial charge in [0.25, 0.3) is 0 Å². The Bertz CT molecular complexity index is 576. The van der Waals surface area contributed by atoms with Gasteiger partial charge in [-0.1, -0.05) is 32.1 Å². The highest BCUT2D eigenvalue weighted by atomic mass is 15.4. The molecule has 0 radical (unpaired) electrons. The summed E-state index contributed by atoms with van der Waals surface area (Å²) in [5.41, 5.74) is 10.3. The van der Waals surface area contributed by atoms with Crippen LogP contribution in [0.3, 0.4) is 0 Å². The Morgan fingerprint density at radius 1 is 1.11 bits per heavy atom. The van der Waals surface area contributed by atoms with Gasteiger partial charge in [0.2, 0.25) is 0 Å². The lowest BCUT2D eigenvalue weighted by molar-refractivity contribution is 0.544. The molecule has 0 aliphatic rings. The molecule has 0 saturated carbocycles. The summed E-state index contributed by atoms with van der Waals surface area (Å²) < 4.78 is 1.84. The van der Waals surface area contributed by atoms with Crippen LogP contribution >= 0.6 is 0 Å². The first kappa shape index (κ1) is 12.6. The number of hydrogen-bond donors (Lipinski definition) is 1. The minimum absolute atomic E-state index is 0.0909. The number of nitrogen functional groups attached to an aromatic ring is 1. The lowest BCUT2D eigenvalue weighted by Crippen LogP contribution is -2.19. The predicted molar refractivity (Wildman–Crippen MR) is 73.9 cm³/mol. The average Bonchev–Trinajstić information content (AvgIpc) is 2.64. The lowest BCUT2D eigenvalue weighted by Gasteiger charge is -2.20. The zero-order valence-electron chi connectivity index (χ0n) is 11.7. The van der Waals surface area contributed by atoms with Crippen molar-refractivity contribution in [3.05, 3.63) is 35.0 Å². The molecule has 2 aromatic rings. The molecular formula is C14H20N4. The molecule has 0 unspecified atom stereocenters. The molecule has 0 aliphatic carbocycles. The Morgan fingerprint density at radius 3 is 2.33 bits per heavy atom. The SMILES string of the molecule is Cc1ccc(-n2nnc(N)c2C(C)(C)C)cc1C. The number of aromatic nitrogens is 3. The summed E-state index contributed by atoms with van der Waals surface area (Å²) in [6.07, 6.45) is 0. The summed E-state index contributed by atoms with van der Waals surface area (Å²) in [5.74, 6) is 0.501. The molecule has 0 aliphatic heterocycles. The maximum Gasteiger partial charge on any atom is 0.170 e. The van der Waals surface area contributed by atoms with Crippen molar-refractivity contribution in [2.45, 2.75) is 40.0 Å². The van der Waals surface area contributed by atoms with E-state index in [1.807, 2.05) is 10.7 Å². The highest BCUT2D eigenvalue weighted by Crippen LogP contribution is 2.28. The molecule has 4 heteroatoms. The second-order valence-electron chi connectivity index (χ2n) is 5.75. The minimum Gasteiger partial charge on any atom is -0.381 e. The molecule has 1 aromatic heterocycles. The van der Waals surface area contributed by atoms with E-state index in [1.54, 1.807) is 0 Å². The molecule has 2 rings (SSSR count). The Morgan fingerprint density at radius 2 is 1.78 bits per heavy atom. The monoisotopic (exact) mass is 244 g/mol. The molecule has 96 valence electrons. The van der Waals surface area contributed by atoms with Crippen LogP contribution in [-0.2, 0) is 5.41 Å². The normalized spacial score (nSPS) is 11.8. The maximum absolute atomic E-state index is 5.94. The summed E-state index contributed by atoms with van der Waals surface area (Å²) in [7, 11) is 0. The molecule has 0 amide bonds. The number of rotatable bonds is 1. The Kier molecular flexibility index (Phi) is 2.89. The fourth-order valence-corrected chi connectivity index (χ4v) is 2.03. The quantitative estimate of drug-likeness (QED) is 0.839. The fraction of sp³-hybridized carbons (Fsp3) is 0.429. The van der Waals surface area contributed by atoms with Crippen molar-refractivity contribution < 1.29 is 0 Å². The van der Waals surface area contributed by atoms with Crippen LogP contribution in [0.1, 0.15) is 37.6 Å². The van der Waals surface area contributed by atoms with Crippen LogP contribution in [-0.4, -0.2) is 15.0 Å². The molecular weight excluding hydrogens is 224 g/mol. The first-order valence-corrected chi connectivity index (χ1v) is 6.10. The second-order valence-corrected chi connectivity index (χ2v) is 5.75. The van der Waals surface area contributed by atoms with Gasteiger partial charge in [-0.25, -0.2) is 4.68 Å². The number of nitrogens with zero attached hydrogens (tertiary/aromatic N) is 3. The average molecular weight is 244 g/mol. The highest BCUT2D eigenvalue weighted by molar-refractivity contribution is 5.46. The number of aryl methyl sites for hydroxylation is 2. The van der Waals surface area contributed by atoms with Gasteiger partial charge >= 0.3 is 0 Å². The second kappa shape index (κ2) is 4.12. The lowest BCUT2D eigenvalue weighted by atomic mass is 9.91. The molecule has 1 heterocycles. The fourth-order valence-electron chi connectivity index (χ4n) is 2.03. The number of benzene rings is 1. The van der Waals surface area contributed by atoms with E-state index in [2.05, 4.69) is 57.1 Å². The molecule has 0 saturated heterocycles. The zero-order valence-corrected chi connectivity index (χ0v) is 11.7. The summed E-state index contributed by atoms with van der Waals surface area (Å²) in [6, 6.07) is 6.25. The van der Waals surface area contributed by atoms with Crippen LogP contribution in [0, 0.1) is 13.8 Å². The molecule has 2 N–H and O–H groups in total. The Hall–Kier alpha value is -1.84. The largest absolute Gasteiger partial charge is 0.381 e. The van der Waals surface area contributed by atoms with Crippen LogP contribution in [0.15, 0.2) is 18.2 Å². The first-order chi connectivity index (χ1) is 8.30. The van der Waals surface area contributed by atoms with Crippen molar-refractivity contribution in [2.75, 3.05) is 5.73 Å². The molecule has 0 spiro atoms. The number of hydrogen-bond acceptors (Lipinski definition) is 3. The number of anilines is 1. The summed E-state index contributed by atoms with van der Waals surface area (Å²) in [4.78, 5) is 0. The van der Waals surface area contributed by atoms with E-state index in [4.69, 9.17) is 5.73 Å². The van der Waals surface area contributed by atoms with Gasteiger partial charge in [-0.15, -0.1) is 5.10 Å². The molecule has 4 nitrogen and oxygen atoms in total. The van der Waals surface area contributed by atoms with E-state index in [1.165, 1.54) is 11.1 Å². The number of nitrogens with two attached hydrogens (primary N) is 1. The summed E-state index contributed by atoms with van der Waals surface area (Å²) >= 11 is 0. The van der Waals surface area contributed by atoms with Crippen molar-refractivity contribution in [3.8, 4) is 5.69 Å². The predicted octanol–water partition coefficient (Wildman–Crippen LogP) is 2.76. The standard InChI is InChI=1S/C14H20N4/c1-9-6-7-11(8-10(9)2)18-12(14(3,4)5)13(15)16-17-18/h6-8H,15H2,1-5H3. The Labute approximate surface area is 108 Å². The van der Waals surface area contributed by atoms with Gasteiger partial charge in [-0.3, -0.25) is 0 Å². The van der Waals surface area contributed by atoms with E-state index in [0.717, 1.165) is 11.4 Å². The van der Waals surface area contributed by atoms with Gasteiger partial charge in [-0.2, -0.15) is 0 Å². The summed E-state index contributed by atoms with van der Waals surface area (Å²) in [6.45, 7) is 10.5. The van der Waals surface area contributed by atoms with Crippen LogP contribution in [0.4, 0.5) is 5.82 Å². The van der Waals surface area contributed by atoms with Crippen molar-refractivity contribution in [1.29, 1.82) is 0 Å². The van der Waals surface area contributed by atoms with Gasteiger partial charge < -0.3 is 5.73 Å². The zero-order chi connectivity index (χ0) is 13.5. The summed E-state index contributed by atoms with van der Waals surface area (Å²) in [5, 5.41) is 8.17. The molecule has 0 atom stereocenters. The van der Waals surface area contributed by atoms with Crippen molar-refractivity contribution in [1.82, 2.24) is 15.0 Å². The van der Waals surface area contributed by atoms with Crippen molar-refractivity contribution in [3.63, 3.8) is 0 Å². The van der Waals surface area contributed by atoms with Crippen molar-refractivity contribution in [2.24, 2.45) is 0 Å². The topological polar surface area (TPSA) is 56.7 Å². The van der Waals surface area contributed by atoms with E-state index >= 15 is 0 Å². The molecule has 0 fully saturated rings. The molecule has 0 bridgehead atoms. The van der Waals surface area contributed by atoms with Gasteiger partial charge in [0.1, 0.15) is 0 Å². The van der Waals surface area contributed by atoms with Crippen molar-refractivity contribution >= 4 is 5.82 Å². The Balaban J connectivity index is 2.61. The third kappa shape index (κ3) is 2.10. The van der Waals surface area contributed by atoms with E-state index in [0.29, 0.717) is 5.82 Å². The van der Waals surface area contributed by atoms with E-state index in [-0.39, 0.29) is 5.41 Å². The van der Waals surface area contributed by atoms with Gasteiger partial charge in [0.05, 0.1) is 11.4 Å². The van der Waals surface area contributed by atoms with Crippen LogP contribution < -0.4 is 5.73 Å². The highest BCUT2D eigenvalue weighted by Gasteiger charge is 2.24. The third-order valence-corrected chi connectivity index (χ3v) is 3.14. The first-order valence-electron chi connectivity index (χ1n) is 6.10. The van der Waals surface area contributed by atoms with Gasteiger partial charge in [0.15, 0.2) is 5.82 Å². The van der Waals surface area contributed by atoms with Gasteiger partial charge in [0, 0.05) is 5.41 Å².